The first-order chi connectivity index (χ1) is 7.65. The molecule has 1 atom stereocenters. The summed E-state index contributed by atoms with van der Waals surface area (Å²) in [5.74, 6) is 3.51. The zero-order valence-corrected chi connectivity index (χ0v) is 9.99. The summed E-state index contributed by atoms with van der Waals surface area (Å²) in [7, 11) is 0. The second-order valence-corrected chi connectivity index (χ2v) is 4.05. The lowest BCUT2D eigenvalue weighted by Crippen LogP contribution is -2.18. The van der Waals surface area contributed by atoms with Crippen molar-refractivity contribution in [2.24, 2.45) is 5.73 Å². The van der Waals surface area contributed by atoms with Gasteiger partial charge in [-0.1, -0.05) is 18.2 Å². The highest BCUT2D eigenvalue weighted by atomic mass is 16.5. The van der Waals surface area contributed by atoms with Gasteiger partial charge in [0, 0.05) is 12.5 Å². The molecule has 1 rings (SSSR count). The van der Waals surface area contributed by atoms with Crippen molar-refractivity contribution in [2.45, 2.75) is 32.7 Å². The van der Waals surface area contributed by atoms with Gasteiger partial charge in [0.15, 0.2) is 0 Å². The molecule has 1 aromatic carbocycles. The molecule has 0 amide bonds. The summed E-state index contributed by atoms with van der Waals surface area (Å²) < 4.78 is 5.71. The number of ether oxygens (including phenoxy) is 1. The van der Waals surface area contributed by atoms with E-state index in [0.29, 0.717) is 13.0 Å². The van der Waals surface area contributed by atoms with Crippen LogP contribution in [0.25, 0.3) is 0 Å². The van der Waals surface area contributed by atoms with E-state index >= 15 is 0 Å². The Morgan fingerprint density at radius 3 is 2.88 bits per heavy atom. The molecule has 0 saturated carbocycles. The van der Waals surface area contributed by atoms with Gasteiger partial charge in [0.05, 0.1) is 6.61 Å². The lowest BCUT2D eigenvalue weighted by atomic mass is 10.0. The lowest BCUT2D eigenvalue weighted by Gasteiger charge is -2.14. The summed E-state index contributed by atoms with van der Waals surface area (Å²) in [4.78, 5) is 0. The van der Waals surface area contributed by atoms with Crippen LogP contribution in [-0.2, 0) is 6.42 Å². The number of nitrogens with two attached hydrogens (primary N) is 1. The zero-order chi connectivity index (χ0) is 12.0. The third-order valence-corrected chi connectivity index (χ3v) is 2.33. The molecule has 1 unspecified atom stereocenters. The molecule has 0 heterocycles. The van der Waals surface area contributed by atoms with Crippen LogP contribution in [0.2, 0.25) is 0 Å². The van der Waals surface area contributed by atoms with Gasteiger partial charge in [-0.2, -0.15) is 0 Å². The quantitative estimate of drug-likeness (QED) is 0.606. The molecular formula is C14H19NO. The maximum Gasteiger partial charge on any atom is 0.125 e. The van der Waals surface area contributed by atoms with Gasteiger partial charge < -0.3 is 10.5 Å². The van der Waals surface area contributed by atoms with Crippen molar-refractivity contribution in [3.05, 3.63) is 29.3 Å². The smallest absolute Gasteiger partial charge is 0.125 e. The Kier molecular flexibility index (Phi) is 4.88. The van der Waals surface area contributed by atoms with Crippen LogP contribution < -0.4 is 10.5 Å². The van der Waals surface area contributed by atoms with Crippen LogP contribution in [0.1, 0.15) is 24.5 Å². The Balaban J connectivity index is 2.82. The minimum atomic E-state index is 0.136. The minimum Gasteiger partial charge on any atom is -0.492 e. The second kappa shape index (κ2) is 6.19. The number of benzene rings is 1. The third-order valence-electron chi connectivity index (χ3n) is 2.33. The monoisotopic (exact) mass is 217 g/mol. The number of hydrogen-bond donors (Lipinski definition) is 1. The predicted molar refractivity (Wildman–Crippen MR) is 67.5 cm³/mol. The molecule has 2 N–H and O–H groups in total. The summed E-state index contributed by atoms with van der Waals surface area (Å²) in [6.45, 7) is 4.59. The molecule has 2 nitrogen and oxygen atoms in total. The fraction of sp³-hybridized carbons (Fsp3) is 0.429. The fourth-order valence-electron chi connectivity index (χ4n) is 1.64. The molecule has 0 aliphatic rings. The predicted octanol–water partition coefficient (Wildman–Crippen LogP) is 2.29. The van der Waals surface area contributed by atoms with Gasteiger partial charge in [-0.3, -0.25) is 0 Å². The van der Waals surface area contributed by atoms with E-state index < -0.39 is 0 Å². The molecular weight excluding hydrogens is 198 g/mol. The van der Waals surface area contributed by atoms with E-state index in [9.17, 15) is 0 Å². The van der Waals surface area contributed by atoms with E-state index in [4.69, 9.17) is 16.9 Å². The van der Waals surface area contributed by atoms with Crippen molar-refractivity contribution in [3.8, 4) is 18.1 Å². The number of aryl methyl sites for hydroxylation is 1. The Morgan fingerprint density at radius 2 is 2.25 bits per heavy atom. The molecule has 0 aliphatic carbocycles. The fourth-order valence-corrected chi connectivity index (χ4v) is 1.64. The maximum absolute atomic E-state index is 5.81. The average Bonchev–Trinajstić information content (AvgIpc) is 2.21. The molecule has 0 bridgehead atoms. The maximum atomic E-state index is 5.81. The van der Waals surface area contributed by atoms with E-state index in [-0.39, 0.29) is 6.04 Å². The highest BCUT2D eigenvalue weighted by Crippen LogP contribution is 2.24. The summed E-state index contributed by atoms with van der Waals surface area (Å²) >= 11 is 0. The van der Waals surface area contributed by atoms with Crippen LogP contribution in [0.4, 0.5) is 0 Å². The highest BCUT2D eigenvalue weighted by molar-refractivity contribution is 5.41. The van der Waals surface area contributed by atoms with Crippen molar-refractivity contribution in [2.75, 3.05) is 6.61 Å². The molecule has 86 valence electrons. The summed E-state index contributed by atoms with van der Waals surface area (Å²) in [5.41, 5.74) is 8.10. The van der Waals surface area contributed by atoms with Crippen LogP contribution in [0.3, 0.4) is 0 Å². The molecule has 0 aromatic heterocycles. The third kappa shape index (κ3) is 3.60. The van der Waals surface area contributed by atoms with Crippen molar-refractivity contribution >= 4 is 0 Å². The molecule has 0 saturated heterocycles. The average molecular weight is 217 g/mol. The standard InChI is InChI=1S/C14H19NO/c1-4-5-9-16-14-11(2)7-6-8-13(14)10-12(3)15/h1,6-8,12H,5,9-10,15H2,2-3H3. The summed E-state index contributed by atoms with van der Waals surface area (Å²) in [6, 6.07) is 6.26. The number of para-hydroxylation sites is 1. The highest BCUT2D eigenvalue weighted by Gasteiger charge is 2.08. The van der Waals surface area contributed by atoms with Gasteiger partial charge >= 0.3 is 0 Å². The Hall–Kier alpha value is -1.46. The van der Waals surface area contributed by atoms with Gasteiger partial charge in [-0.15, -0.1) is 12.3 Å². The van der Waals surface area contributed by atoms with Crippen LogP contribution in [0.15, 0.2) is 18.2 Å². The van der Waals surface area contributed by atoms with E-state index in [0.717, 1.165) is 23.3 Å². The second-order valence-electron chi connectivity index (χ2n) is 4.05. The Morgan fingerprint density at radius 1 is 1.50 bits per heavy atom. The molecule has 0 spiro atoms. The topological polar surface area (TPSA) is 35.2 Å². The summed E-state index contributed by atoms with van der Waals surface area (Å²) in [6.07, 6.45) is 6.66. The molecule has 0 aliphatic heterocycles. The molecule has 1 aromatic rings. The van der Waals surface area contributed by atoms with Gasteiger partial charge in [-0.25, -0.2) is 0 Å². The molecule has 0 radical (unpaired) electrons. The van der Waals surface area contributed by atoms with Crippen molar-refractivity contribution in [3.63, 3.8) is 0 Å². The van der Waals surface area contributed by atoms with E-state index in [1.807, 2.05) is 26.0 Å². The van der Waals surface area contributed by atoms with Gasteiger partial charge in [0.1, 0.15) is 5.75 Å². The van der Waals surface area contributed by atoms with Crippen molar-refractivity contribution < 1.29 is 4.74 Å². The normalized spacial score (nSPS) is 11.9. The number of rotatable bonds is 5. The van der Waals surface area contributed by atoms with E-state index in [1.54, 1.807) is 0 Å². The van der Waals surface area contributed by atoms with E-state index in [1.165, 1.54) is 0 Å². The molecule has 2 heteroatoms. The first-order valence-corrected chi connectivity index (χ1v) is 5.55. The SMILES string of the molecule is C#CCCOc1c(C)cccc1CC(C)N. The van der Waals surface area contributed by atoms with Crippen LogP contribution in [0, 0.1) is 19.3 Å². The van der Waals surface area contributed by atoms with Crippen molar-refractivity contribution in [1.82, 2.24) is 0 Å². The first kappa shape index (κ1) is 12.6. The Labute approximate surface area is 97.8 Å². The van der Waals surface area contributed by atoms with Gasteiger partial charge in [0.2, 0.25) is 0 Å². The summed E-state index contributed by atoms with van der Waals surface area (Å²) in [5, 5.41) is 0. The van der Waals surface area contributed by atoms with Crippen molar-refractivity contribution in [1.29, 1.82) is 0 Å². The van der Waals surface area contributed by atoms with Crippen LogP contribution >= 0.6 is 0 Å². The van der Waals surface area contributed by atoms with Crippen LogP contribution in [-0.4, -0.2) is 12.6 Å². The zero-order valence-electron chi connectivity index (χ0n) is 9.99. The first-order valence-electron chi connectivity index (χ1n) is 5.55. The lowest BCUT2D eigenvalue weighted by molar-refractivity contribution is 0.321. The van der Waals surface area contributed by atoms with Gasteiger partial charge in [-0.05, 0) is 31.4 Å². The molecule has 16 heavy (non-hydrogen) atoms. The number of hydrogen-bond acceptors (Lipinski definition) is 2. The largest absolute Gasteiger partial charge is 0.492 e. The van der Waals surface area contributed by atoms with Crippen LogP contribution in [0.5, 0.6) is 5.75 Å². The minimum absolute atomic E-state index is 0.136. The van der Waals surface area contributed by atoms with Gasteiger partial charge in [0.25, 0.3) is 0 Å². The van der Waals surface area contributed by atoms with E-state index in [2.05, 4.69) is 12.0 Å². The number of terminal acetylenes is 1. The molecule has 0 fully saturated rings. The Bertz CT molecular complexity index is 377.